The van der Waals surface area contributed by atoms with Crippen molar-refractivity contribution >= 4 is 0 Å². The zero-order valence-electron chi connectivity index (χ0n) is 9.24. The number of H-pyrrole nitrogens is 1. The predicted octanol–water partition coefficient (Wildman–Crippen LogP) is -1.58. The monoisotopic (exact) mass is 242 g/mol. The number of rotatable bonds is 2. The zero-order chi connectivity index (χ0) is 12.6. The number of hydrogen-bond donors (Lipinski definition) is 3. The number of hydrogen-bond acceptors (Lipinski definition) is 5. The van der Waals surface area contributed by atoms with E-state index in [0.29, 0.717) is 0 Å². The fourth-order valence-electron chi connectivity index (χ4n) is 1.93. The number of ether oxygens (including phenoxy) is 1. The van der Waals surface area contributed by atoms with Crippen LogP contribution in [-0.4, -0.2) is 38.6 Å². The summed E-state index contributed by atoms with van der Waals surface area (Å²) >= 11 is 0. The van der Waals surface area contributed by atoms with Crippen molar-refractivity contribution in [3.05, 3.63) is 33.1 Å². The van der Waals surface area contributed by atoms with Crippen molar-refractivity contribution in [1.82, 2.24) is 9.55 Å². The Morgan fingerprint density at radius 2 is 2.24 bits per heavy atom. The maximum atomic E-state index is 11.5. The average Bonchev–Trinajstić information content (AvgIpc) is 2.57. The first-order chi connectivity index (χ1) is 8.04. The molecule has 1 saturated heterocycles. The highest BCUT2D eigenvalue weighted by atomic mass is 16.5. The predicted molar refractivity (Wildman–Crippen MR) is 57.5 cm³/mol. The number of nitrogens with one attached hydrogen (secondary N) is 1. The molecule has 1 aromatic rings. The van der Waals surface area contributed by atoms with Gasteiger partial charge in [-0.2, -0.15) is 0 Å². The SMILES string of the molecule is C[C@@H]1[C@@H](O)[C@H](n2ccc(=O)[nH]c2=O)O[C@@H]1CO. The Balaban J connectivity index is 2.35. The lowest BCUT2D eigenvalue weighted by atomic mass is 10.0. The van der Waals surface area contributed by atoms with Gasteiger partial charge in [-0.15, -0.1) is 0 Å². The van der Waals surface area contributed by atoms with Crippen molar-refractivity contribution in [2.45, 2.75) is 25.4 Å². The van der Waals surface area contributed by atoms with E-state index in [0.717, 1.165) is 4.57 Å². The quantitative estimate of drug-likeness (QED) is 0.580. The van der Waals surface area contributed by atoms with Gasteiger partial charge in [-0.25, -0.2) is 4.79 Å². The van der Waals surface area contributed by atoms with Crippen molar-refractivity contribution in [2.75, 3.05) is 6.61 Å². The van der Waals surface area contributed by atoms with Crippen LogP contribution in [0.2, 0.25) is 0 Å². The Kier molecular flexibility index (Phi) is 3.14. The van der Waals surface area contributed by atoms with Gasteiger partial charge >= 0.3 is 5.69 Å². The molecule has 2 heterocycles. The van der Waals surface area contributed by atoms with Gasteiger partial charge in [-0.1, -0.05) is 6.92 Å². The standard InChI is InChI=1S/C10H14N2O5/c1-5-6(4-13)17-9(8(5)15)12-3-2-7(14)11-10(12)16/h2-3,5-6,8-9,13,15H,4H2,1H3,(H,11,14,16)/t5-,6+,8+,9+/m0/s1. The lowest BCUT2D eigenvalue weighted by molar-refractivity contribution is -0.0534. The smallest absolute Gasteiger partial charge is 0.330 e. The van der Waals surface area contributed by atoms with Gasteiger partial charge < -0.3 is 14.9 Å². The van der Waals surface area contributed by atoms with Crippen molar-refractivity contribution in [2.24, 2.45) is 5.92 Å². The third-order valence-corrected chi connectivity index (χ3v) is 3.04. The van der Waals surface area contributed by atoms with Crippen LogP contribution in [0.15, 0.2) is 21.9 Å². The van der Waals surface area contributed by atoms with E-state index in [2.05, 4.69) is 4.98 Å². The first-order valence-electron chi connectivity index (χ1n) is 5.30. The second-order valence-corrected chi connectivity index (χ2v) is 4.11. The lowest BCUT2D eigenvalue weighted by Crippen LogP contribution is -2.35. The molecule has 2 rings (SSSR count). The Morgan fingerprint density at radius 1 is 1.53 bits per heavy atom. The fraction of sp³-hybridized carbons (Fsp3) is 0.600. The Morgan fingerprint density at radius 3 is 2.76 bits per heavy atom. The number of aromatic nitrogens is 2. The molecule has 0 bridgehead atoms. The van der Waals surface area contributed by atoms with E-state index in [-0.39, 0.29) is 12.5 Å². The van der Waals surface area contributed by atoms with E-state index in [1.165, 1.54) is 12.3 Å². The highest BCUT2D eigenvalue weighted by Gasteiger charge is 2.41. The van der Waals surface area contributed by atoms with Crippen molar-refractivity contribution in [3.63, 3.8) is 0 Å². The highest BCUT2D eigenvalue weighted by molar-refractivity contribution is 4.91. The van der Waals surface area contributed by atoms with Gasteiger partial charge in [0.1, 0.15) is 6.10 Å². The van der Waals surface area contributed by atoms with Gasteiger partial charge in [0, 0.05) is 18.2 Å². The number of aliphatic hydroxyl groups is 2. The summed E-state index contributed by atoms with van der Waals surface area (Å²) in [6.45, 7) is 1.50. The van der Waals surface area contributed by atoms with E-state index >= 15 is 0 Å². The minimum absolute atomic E-state index is 0.229. The van der Waals surface area contributed by atoms with Crippen LogP contribution in [-0.2, 0) is 4.74 Å². The molecule has 0 radical (unpaired) electrons. The third kappa shape index (κ3) is 2.04. The second kappa shape index (κ2) is 4.44. The van der Waals surface area contributed by atoms with E-state index in [4.69, 9.17) is 9.84 Å². The van der Waals surface area contributed by atoms with Gasteiger partial charge in [-0.3, -0.25) is 14.3 Å². The first-order valence-corrected chi connectivity index (χ1v) is 5.30. The van der Waals surface area contributed by atoms with Crippen molar-refractivity contribution in [1.29, 1.82) is 0 Å². The number of aromatic amines is 1. The Labute approximate surface area is 96.3 Å². The minimum atomic E-state index is -0.907. The van der Waals surface area contributed by atoms with Crippen molar-refractivity contribution in [3.8, 4) is 0 Å². The molecule has 7 heteroatoms. The molecule has 1 fully saturated rings. The normalized spacial score (nSPS) is 32.9. The first kappa shape index (κ1) is 12.0. The molecule has 1 aliphatic rings. The average molecular weight is 242 g/mol. The number of nitrogens with zero attached hydrogens (tertiary/aromatic N) is 1. The van der Waals surface area contributed by atoms with E-state index < -0.39 is 29.7 Å². The molecular weight excluding hydrogens is 228 g/mol. The maximum absolute atomic E-state index is 11.5. The molecular formula is C10H14N2O5. The van der Waals surface area contributed by atoms with Crippen LogP contribution in [0.3, 0.4) is 0 Å². The van der Waals surface area contributed by atoms with Crippen LogP contribution >= 0.6 is 0 Å². The molecule has 17 heavy (non-hydrogen) atoms. The summed E-state index contributed by atoms with van der Waals surface area (Å²) in [5.41, 5.74) is -1.15. The summed E-state index contributed by atoms with van der Waals surface area (Å²) < 4.78 is 6.49. The van der Waals surface area contributed by atoms with Gasteiger partial charge in [0.05, 0.1) is 12.7 Å². The molecule has 0 saturated carbocycles. The molecule has 0 aliphatic carbocycles. The van der Waals surface area contributed by atoms with Gasteiger partial charge in [0.15, 0.2) is 6.23 Å². The van der Waals surface area contributed by atoms with Gasteiger partial charge in [-0.05, 0) is 0 Å². The van der Waals surface area contributed by atoms with Crippen LogP contribution in [0.1, 0.15) is 13.2 Å². The third-order valence-electron chi connectivity index (χ3n) is 3.04. The Bertz CT molecular complexity index is 508. The van der Waals surface area contributed by atoms with Crippen LogP contribution < -0.4 is 11.2 Å². The molecule has 0 aromatic carbocycles. The molecule has 94 valence electrons. The van der Waals surface area contributed by atoms with Crippen LogP contribution in [0, 0.1) is 5.92 Å². The molecule has 4 atom stereocenters. The lowest BCUT2D eigenvalue weighted by Gasteiger charge is -2.17. The maximum Gasteiger partial charge on any atom is 0.330 e. The molecule has 3 N–H and O–H groups in total. The largest absolute Gasteiger partial charge is 0.394 e. The summed E-state index contributed by atoms with van der Waals surface area (Å²) in [7, 11) is 0. The summed E-state index contributed by atoms with van der Waals surface area (Å²) in [4.78, 5) is 24.5. The molecule has 1 aromatic heterocycles. The number of aliphatic hydroxyl groups excluding tert-OH is 2. The highest BCUT2D eigenvalue weighted by Crippen LogP contribution is 2.32. The van der Waals surface area contributed by atoms with Crippen molar-refractivity contribution < 1.29 is 14.9 Å². The van der Waals surface area contributed by atoms with Gasteiger partial charge in [0.25, 0.3) is 5.56 Å². The van der Waals surface area contributed by atoms with Crippen LogP contribution in [0.25, 0.3) is 0 Å². The summed E-state index contributed by atoms with van der Waals surface area (Å²) in [5.74, 6) is -0.288. The minimum Gasteiger partial charge on any atom is -0.394 e. The molecule has 0 unspecified atom stereocenters. The summed E-state index contributed by atoms with van der Waals surface area (Å²) in [6.07, 6.45) is -1.04. The molecule has 7 nitrogen and oxygen atoms in total. The topological polar surface area (TPSA) is 105 Å². The van der Waals surface area contributed by atoms with E-state index in [1.54, 1.807) is 6.92 Å². The summed E-state index contributed by atoms with van der Waals surface area (Å²) in [5, 5.41) is 19.0. The molecule has 1 aliphatic heterocycles. The van der Waals surface area contributed by atoms with Crippen LogP contribution in [0.4, 0.5) is 0 Å². The van der Waals surface area contributed by atoms with Gasteiger partial charge in [0.2, 0.25) is 0 Å². The second-order valence-electron chi connectivity index (χ2n) is 4.11. The Hall–Kier alpha value is -1.44. The zero-order valence-corrected chi connectivity index (χ0v) is 9.24. The van der Waals surface area contributed by atoms with E-state index in [9.17, 15) is 14.7 Å². The summed E-state index contributed by atoms with van der Waals surface area (Å²) in [6, 6.07) is 1.18. The fourth-order valence-corrected chi connectivity index (χ4v) is 1.93. The van der Waals surface area contributed by atoms with E-state index in [1.807, 2.05) is 0 Å². The molecule has 0 spiro atoms. The molecule has 0 amide bonds. The van der Waals surface area contributed by atoms with Crippen LogP contribution in [0.5, 0.6) is 0 Å².